The van der Waals surface area contributed by atoms with Crippen LogP contribution in [0.25, 0.3) is 0 Å². The largest absolute Gasteiger partial charge is 0.481 e. The topological polar surface area (TPSA) is 87.7 Å². The van der Waals surface area contributed by atoms with Crippen LogP contribution in [-0.4, -0.2) is 30.2 Å². The number of aliphatic hydroxyl groups is 1. The van der Waals surface area contributed by atoms with Crippen LogP contribution in [0.5, 0.6) is 5.75 Å². The Labute approximate surface area is 111 Å². The van der Waals surface area contributed by atoms with Crippen molar-refractivity contribution < 1.29 is 19.4 Å². The number of nitrogens with one attached hydrogen (secondary N) is 2. The summed E-state index contributed by atoms with van der Waals surface area (Å²) >= 11 is 0. The van der Waals surface area contributed by atoms with E-state index in [0.29, 0.717) is 11.3 Å². The third-order valence-electron chi connectivity index (χ3n) is 2.51. The number of imide groups is 1. The van der Waals surface area contributed by atoms with Gasteiger partial charge in [-0.1, -0.05) is 18.2 Å². The van der Waals surface area contributed by atoms with Crippen molar-refractivity contribution in [2.45, 2.75) is 26.1 Å². The van der Waals surface area contributed by atoms with Gasteiger partial charge in [0.1, 0.15) is 5.75 Å². The van der Waals surface area contributed by atoms with Crippen LogP contribution in [0.3, 0.4) is 0 Å². The minimum absolute atomic E-state index is 0.414. The molecule has 0 heterocycles. The van der Waals surface area contributed by atoms with Gasteiger partial charge in [0.2, 0.25) is 0 Å². The van der Waals surface area contributed by atoms with E-state index in [0.717, 1.165) is 0 Å². The van der Waals surface area contributed by atoms with E-state index in [2.05, 4.69) is 10.6 Å². The van der Waals surface area contributed by atoms with Gasteiger partial charge in [0.15, 0.2) is 6.10 Å². The molecule has 104 valence electrons. The van der Waals surface area contributed by atoms with Crippen LogP contribution in [0.2, 0.25) is 0 Å². The molecule has 1 aromatic carbocycles. The van der Waals surface area contributed by atoms with Crippen LogP contribution in [0.4, 0.5) is 4.79 Å². The van der Waals surface area contributed by atoms with E-state index in [1.165, 1.54) is 14.0 Å². The molecule has 0 aliphatic heterocycles. The molecule has 19 heavy (non-hydrogen) atoms. The zero-order chi connectivity index (χ0) is 14.4. The van der Waals surface area contributed by atoms with Gasteiger partial charge < -0.3 is 15.2 Å². The summed E-state index contributed by atoms with van der Waals surface area (Å²) in [5.41, 5.74) is 0.585. The summed E-state index contributed by atoms with van der Waals surface area (Å²) in [6.07, 6.45) is -1.55. The van der Waals surface area contributed by atoms with Crippen LogP contribution in [-0.2, 0) is 4.79 Å². The molecule has 0 aromatic heterocycles. The minimum atomic E-state index is -0.850. The number of hydrogen-bond donors (Lipinski definition) is 3. The van der Waals surface area contributed by atoms with E-state index in [1.807, 2.05) is 0 Å². The lowest BCUT2D eigenvalue weighted by Crippen LogP contribution is -2.44. The minimum Gasteiger partial charge on any atom is -0.481 e. The third-order valence-corrected chi connectivity index (χ3v) is 2.51. The van der Waals surface area contributed by atoms with E-state index in [9.17, 15) is 14.7 Å². The number of ether oxygens (including phenoxy) is 1. The quantitative estimate of drug-likeness (QED) is 0.757. The maximum atomic E-state index is 11.6. The normalized spacial score (nSPS) is 13.3. The number of benzene rings is 1. The molecule has 3 amide bonds. The predicted octanol–water partition coefficient (Wildman–Crippen LogP) is 0.963. The third kappa shape index (κ3) is 4.26. The molecule has 0 saturated heterocycles. The van der Waals surface area contributed by atoms with Crippen molar-refractivity contribution in [3.05, 3.63) is 29.8 Å². The van der Waals surface area contributed by atoms with Gasteiger partial charge >= 0.3 is 6.03 Å². The van der Waals surface area contributed by atoms with E-state index in [4.69, 9.17) is 4.74 Å². The maximum Gasteiger partial charge on any atom is 0.321 e. The van der Waals surface area contributed by atoms with Gasteiger partial charge in [-0.05, 0) is 19.9 Å². The first-order chi connectivity index (χ1) is 8.95. The molecule has 0 aliphatic rings. The highest BCUT2D eigenvalue weighted by molar-refractivity contribution is 5.96. The lowest BCUT2D eigenvalue weighted by Gasteiger charge is -2.17. The zero-order valence-electron chi connectivity index (χ0n) is 11.1. The van der Waals surface area contributed by atoms with Gasteiger partial charge in [-0.2, -0.15) is 0 Å². The number of aliphatic hydroxyl groups excluding tert-OH is 1. The zero-order valence-corrected chi connectivity index (χ0v) is 11.1. The van der Waals surface area contributed by atoms with Gasteiger partial charge in [0.25, 0.3) is 5.91 Å². The number of para-hydroxylation sites is 1. The Morgan fingerprint density at radius 1 is 1.26 bits per heavy atom. The molecule has 0 spiro atoms. The van der Waals surface area contributed by atoms with Gasteiger partial charge in [0, 0.05) is 12.6 Å². The molecule has 0 bridgehead atoms. The van der Waals surface area contributed by atoms with Crippen molar-refractivity contribution in [1.29, 1.82) is 0 Å². The fourth-order valence-electron chi connectivity index (χ4n) is 1.45. The van der Waals surface area contributed by atoms with Gasteiger partial charge in [-0.15, -0.1) is 0 Å². The number of urea groups is 1. The molecule has 0 fully saturated rings. The van der Waals surface area contributed by atoms with Crippen LogP contribution in [0.15, 0.2) is 24.3 Å². The predicted molar refractivity (Wildman–Crippen MR) is 69.8 cm³/mol. The van der Waals surface area contributed by atoms with Crippen molar-refractivity contribution in [3.63, 3.8) is 0 Å². The lowest BCUT2D eigenvalue weighted by atomic mass is 10.1. The Hall–Kier alpha value is -2.08. The highest BCUT2D eigenvalue weighted by Gasteiger charge is 2.19. The summed E-state index contributed by atoms with van der Waals surface area (Å²) in [6, 6.07) is 6.29. The van der Waals surface area contributed by atoms with Crippen molar-refractivity contribution >= 4 is 11.9 Å². The Morgan fingerprint density at radius 2 is 1.89 bits per heavy atom. The van der Waals surface area contributed by atoms with Crippen LogP contribution < -0.4 is 15.4 Å². The summed E-state index contributed by atoms with van der Waals surface area (Å²) in [7, 11) is 1.41. The fraction of sp³-hybridized carbons (Fsp3) is 0.385. The van der Waals surface area contributed by atoms with E-state index in [1.54, 1.807) is 31.2 Å². The molecule has 1 aromatic rings. The number of carbonyl (C=O) groups is 2. The summed E-state index contributed by atoms with van der Waals surface area (Å²) in [5.74, 6) is -0.142. The van der Waals surface area contributed by atoms with Crippen molar-refractivity contribution in [3.8, 4) is 5.75 Å². The molecule has 6 nitrogen and oxygen atoms in total. The average Bonchev–Trinajstić information content (AvgIpc) is 2.38. The molecule has 0 saturated carbocycles. The van der Waals surface area contributed by atoms with Crippen LogP contribution in [0.1, 0.15) is 25.5 Å². The Morgan fingerprint density at radius 3 is 2.47 bits per heavy atom. The monoisotopic (exact) mass is 266 g/mol. The molecule has 2 atom stereocenters. The Bertz CT molecular complexity index is 460. The van der Waals surface area contributed by atoms with Gasteiger partial charge in [-0.3, -0.25) is 10.1 Å². The second kappa shape index (κ2) is 6.75. The van der Waals surface area contributed by atoms with E-state index >= 15 is 0 Å². The Balaban J connectivity index is 2.74. The fourth-order valence-corrected chi connectivity index (χ4v) is 1.45. The van der Waals surface area contributed by atoms with Gasteiger partial charge in [0.05, 0.1) is 6.10 Å². The number of rotatable bonds is 4. The molecule has 0 aliphatic carbocycles. The SMILES string of the molecule is CNC(=O)NC(=O)C(C)Oc1ccccc1[C@H](C)O. The van der Waals surface area contributed by atoms with E-state index in [-0.39, 0.29) is 0 Å². The second-order valence-corrected chi connectivity index (χ2v) is 4.04. The van der Waals surface area contributed by atoms with Crippen molar-refractivity contribution in [2.75, 3.05) is 7.05 Å². The maximum absolute atomic E-state index is 11.6. The summed E-state index contributed by atoms with van der Waals surface area (Å²) in [6.45, 7) is 3.13. The second-order valence-electron chi connectivity index (χ2n) is 4.04. The standard InChI is InChI=1S/C13H18N2O4/c1-8(16)10-6-4-5-7-11(10)19-9(2)12(17)15-13(18)14-3/h4-9,16H,1-3H3,(H2,14,15,17,18)/t8-,9?/m0/s1. The molecule has 0 radical (unpaired) electrons. The first kappa shape index (κ1) is 15.0. The molecule has 1 unspecified atom stereocenters. The van der Waals surface area contributed by atoms with Crippen molar-refractivity contribution in [1.82, 2.24) is 10.6 Å². The van der Waals surface area contributed by atoms with Crippen molar-refractivity contribution in [2.24, 2.45) is 0 Å². The number of amides is 3. The molecular formula is C13H18N2O4. The lowest BCUT2D eigenvalue weighted by molar-refractivity contribution is -0.126. The number of carbonyl (C=O) groups excluding carboxylic acids is 2. The molecule has 6 heteroatoms. The van der Waals surface area contributed by atoms with Crippen LogP contribution in [0, 0.1) is 0 Å². The molecule has 1 rings (SSSR count). The molecule has 3 N–H and O–H groups in total. The smallest absolute Gasteiger partial charge is 0.321 e. The first-order valence-electron chi connectivity index (χ1n) is 5.92. The molecular weight excluding hydrogens is 248 g/mol. The summed E-state index contributed by atoms with van der Waals surface area (Å²) in [5, 5.41) is 14.0. The van der Waals surface area contributed by atoms with Gasteiger partial charge in [-0.25, -0.2) is 4.79 Å². The number of hydrogen-bond acceptors (Lipinski definition) is 4. The Kier molecular flexibility index (Phi) is 5.32. The highest BCUT2D eigenvalue weighted by atomic mass is 16.5. The van der Waals surface area contributed by atoms with E-state index < -0.39 is 24.1 Å². The average molecular weight is 266 g/mol. The highest BCUT2D eigenvalue weighted by Crippen LogP contribution is 2.25. The summed E-state index contributed by atoms with van der Waals surface area (Å²) < 4.78 is 5.46. The summed E-state index contributed by atoms with van der Waals surface area (Å²) in [4.78, 5) is 22.7. The van der Waals surface area contributed by atoms with Crippen LogP contribution >= 0.6 is 0 Å². The first-order valence-corrected chi connectivity index (χ1v) is 5.92.